The van der Waals surface area contributed by atoms with Crippen LogP contribution in [0, 0.1) is 17.3 Å². The first-order valence-corrected chi connectivity index (χ1v) is 7.57. The lowest BCUT2D eigenvalue weighted by Crippen LogP contribution is -2.28. The number of hydrogen-bond acceptors (Lipinski definition) is 0. The minimum atomic E-state index is 0.333. The molecule has 0 heterocycles. The van der Waals surface area contributed by atoms with Crippen LogP contribution < -0.4 is 0 Å². The monoisotopic (exact) mass is 232 g/mol. The van der Waals surface area contributed by atoms with Crippen molar-refractivity contribution in [2.45, 2.75) is 64.7 Å². The third kappa shape index (κ3) is 3.03. The van der Waals surface area contributed by atoms with Crippen LogP contribution in [-0.4, -0.2) is 0 Å². The van der Waals surface area contributed by atoms with Gasteiger partial charge in [-0.1, -0.05) is 50.3 Å². The van der Waals surface area contributed by atoms with E-state index in [0.717, 1.165) is 11.8 Å². The second kappa shape index (κ2) is 5.89. The second-order valence-electron chi connectivity index (χ2n) is 6.17. The summed E-state index contributed by atoms with van der Waals surface area (Å²) < 4.78 is 0. The third-order valence-corrected chi connectivity index (χ3v) is 5.18. The van der Waals surface area contributed by atoms with Crippen LogP contribution in [0.2, 0.25) is 0 Å². The first-order valence-electron chi connectivity index (χ1n) is 7.57. The summed E-state index contributed by atoms with van der Waals surface area (Å²) >= 11 is 0. The van der Waals surface area contributed by atoms with Crippen molar-refractivity contribution < 1.29 is 0 Å². The van der Waals surface area contributed by atoms with Crippen molar-refractivity contribution in [3.8, 4) is 0 Å². The largest absolute Gasteiger partial charge is 0.102 e. The molecule has 0 saturated heterocycles. The Morgan fingerprint density at radius 1 is 0.941 bits per heavy atom. The quantitative estimate of drug-likeness (QED) is 0.563. The molecule has 0 nitrogen and oxygen atoms in total. The van der Waals surface area contributed by atoms with Crippen LogP contribution >= 0.6 is 0 Å². The van der Waals surface area contributed by atoms with Gasteiger partial charge in [0.05, 0.1) is 0 Å². The highest BCUT2D eigenvalue weighted by atomic mass is 14.4. The molecular weight excluding hydrogens is 204 g/mol. The van der Waals surface area contributed by atoms with Crippen molar-refractivity contribution in [1.29, 1.82) is 0 Å². The molecular formula is C17H28. The average molecular weight is 232 g/mol. The molecule has 0 amide bonds. The van der Waals surface area contributed by atoms with Crippen molar-refractivity contribution in [2.24, 2.45) is 17.3 Å². The summed E-state index contributed by atoms with van der Waals surface area (Å²) in [6.07, 6.45) is 19.8. The van der Waals surface area contributed by atoms with Crippen LogP contribution in [-0.2, 0) is 0 Å². The number of hydrogen-bond donors (Lipinski definition) is 0. The smallest absolute Gasteiger partial charge is 0.00584 e. The Bertz CT molecular complexity index is 260. The lowest BCUT2D eigenvalue weighted by molar-refractivity contribution is 0.156. The standard InChI is InChI=1S/C17H28/c1-3-12-17(4-2)13-10-16(11-14-17)15-8-6-5-7-9-15/h3-4,12,15-16H,2,5-11,13-14H2,1H3/b12-3+. The lowest BCUT2D eigenvalue weighted by atomic mass is 9.65. The molecule has 2 aliphatic carbocycles. The van der Waals surface area contributed by atoms with E-state index >= 15 is 0 Å². The van der Waals surface area contributed by atoms with Crippen molar-refractivity contribution in [3.05, 3.63) is 24.8 Å². The SMILES string of the molecule is C=CC1(/C=C/C)CCC(C2CCCCC2)CC1. The van der Waals surface area contributed by atoms with Gasteiger partial charge in [0, 0.05) is 5.41 Å². The second-order valence-corrected chi connectivity index (χ2v) is 6.17. The molecule has 2 fully saturated rings. The van der Waals surface area contributed by atoms with E-state index in [4.69, 9.17) is 0 Å². The van der Waals surface area contributed by atoms with Gasteiger partial charge >= 0.3 is 0 Å². The highest BCUT2D eigenvalue weighted by Gasteiger charge is 2.33. The molecule has 0 unspecified atom stereocenters. The molecule has 96 valence electrons. The van der Waals surface area contributed by atoms with Gasteiger partial charge < -0.3 is 0 Å². The molecule has 2 rings (SSSR count). The van der Waals surface area contributed by atoms with E-state index in [1.165, 1.54) is 57.8 Å². The predicted octanol–water partition coefficient (Wildman–Crippen LogP) is 5.51. The molecule has 0 spiro atoms. The zero-order chi connectivity index (χ0) is 12.1. The van der Waals surface area contributed by atoms with Crippen molar-refractivity contribution in [2.75, 3.05) is 0 Å². The Morgan fingerprint density at radius 2 is 1.53 bits per heavy atom. The lowest BCUT2D eigenvalue weighted by Gasteiger charge is -2.40. The molecule has 0 heteroatoms. The van der Waals surface area contributed by atoms with E-state index in [-0.39, 0.29) is 0 Å². The first kappa shape index (κ1) is 12.9. The molecule has 0 aromatic carbocycles. The van der Waals surface area contributed by atoms with Gasteiger partial charge in [-0.2, -0.15) is 0 Å². The molecule has 0 aliphatic heterocycles. The summed E-state index contributed by atoms with van der Waals surface area (Å²) in [4.78, 5) is 0. The predicted molar refractivity (Wildman–Crippen MR) is 76.0 cm³/mol. The minimum Gasteiger partial charge on any atom is -0.102 e. The Balaban J connectivity index is 1.90. The van der Waals surface area contributed by atoms with E-state index < -0.39 is 0 Å². The molecule has 0 N–H and O–H groups in total. The summed E-state index contributed by atoms with van der Waals surface area (Å²) in [5, 5.41) is 0. The first-order chi connectivity index (χ1) is 8.29. The van der Waals surface area contributed by atoms with Gasteiger partial charge in [-0.15, -0.1) is 6.58 Å². The van der Waals surface area contributed by atoms with E-state index in [1.807, 2.05) is 0 Å². The molecule has 0 aromatic rings. The molecule has 0 aromatic heterocycles. The van der Waals surface area contributed by atoms with Gasteiger partial charge in [-0.05, 0) is 44.4 Å². The number of allylic oxidation sites excluding steroid dienone is 3. The fraction of sp³-hybridized carbons (Fsp3) is 0.765. The van der Waals surface area contributed by atoms with Crippen LogP contribution in [0.4, 0.5) is 0 Å². The Hall–Kier alpha value is -0.520. The fourth-order valence-corrected chi connectivity index (χ4v) is 4.03. The van der Waals surface area contributed by atoms with Gasteiger partial charge in [0.2, 0.25) is 0 Å². The summed E-state index contributed by atoms with van der Waals surface area (Å²) in [6, 6.07) is 0. The summed E-state index contributed by atoms with van der Waals surface area (Å²) in [5.41, 5.74) is 0.333. The third-order valence-electron chi connectivity index (χ3n) is 5.18. The highest BCUT2D eigenvalue weighted by molar-refractivity contribution is 5.10. The van der Waals surface area contributed by atoms with Crippen LogP contribution in [0.15, 0.2) is 24.8 Å². The zero-order valence-corrected chi connectivity index (χ0v) is 11.5. The maximum Gasteiger partial charge on any atom is 0.00584 e. The fourth-order valence-electron chi connectivity index (χ4n) is 4.03. The Morgan fingerprint density at radius 3 is 2.06 bits per heavy atom. The maximum absolute atomic E-state index is 4.06. The Labute approximate surface area is 107 Å². The minimum absolute atomic E-state index is 0.333. The highest BCUT2D eigenvalue weighted by Crippen LogP contribution is 2.46. The summed E-state index contributed by atoms with van der Waals surface area (Å²) in [5.74, 6) is 2.07. The van der Waals surface area contributed by atoms with Gasteiger partial charge in [0.25, 0.3) is 0 Å². The van der Waals surface area contributed by atoms with Crippen LogP contribution in [0.1, 0.15) is 64.7 Å². The van der Waals surface area contributed by atoms with Gasteiger partial charge in [0.15, 0.2) is 0 Å². The number of rotatable bonds is 3. The van der Waals surface area contributed by atoms with Crippen molar-refractivity contribution in [3.63, 3.8) is 0 Å². The molecule has 0 radical (unpaired) electrons. The molecule has 2 aliphatic rings. The van der Waals surface area contributed by atoms with Gasteiger partial charge in [-0.3, -0.25) is 0 Å². The average Bonchev–Trinajstić information content (AvgIpc) is 2.41. The van der Waals surface area contributed by atoms with Crippen LogP contribution in [0.25, 0.3) is 0 Å². The van der Waals surface area contributed by atoms with Crippen molar-refractivity contribution in [1.82, 2.24) is 0 Å². The van der Waals surface area contributed by atoms with E-state index in [2.05, 4.69) is 31.7 Å². The van der Waals surface area contributed by atoms with Gasteiger partial charge in [0.1, 0.15) is 0 Å². The molecule has 17 heavy (non-hydrogen) atoms. The molecule has 2 saturated carbocycles. The maximum atomic E-state index is 4.06. The molecule has 0 atom stereocenters. The topological polar surface area (TPSA) is 0 Å². The summed E-state index contributed by atoms with van der Waals surface area (Å²) in [6.45, 7) is 6.20. The summed E-state index contributed by atoms with van der Waals surface area (Å²) in [7, 11) is 0. The van der Waals surface area contributed by atoms with Gasteiger partial charge in [-0.25, -0.2) is 0 Å². The normalized spacial score (nSPS) is 36.2. The van der Waals surface area contributed by atoms with E-state index in [9.17, 15) is 0 Å². The van der Waals surface area contributed by atoms with Crippen LogP contribution in [0.5, 0.6) is 0 Å². The zero-order valence-electron chi connectivity index (χ0n) is 11.5. The Kier molecular flexibility index (Phi) is 4.48. The molecule has 0 bridgehead atoms. The van der Waals surface area contributed by atoms with E-state index in [0.29, 0.717) is 5.41 Å². The van der Waals surface area contributed by atoms with Crippen LogP contribution in [0.3, 0.4) is 0 Å². The van der Waals surface area contributed by atoms with Crippen molar-refractivity contribution >= 4 is 0 Å². The van der Waals surface area contributed by atoms with E-state index in [1.54, 1.807) is 0 Å².